The smallest absolute Gasteiger partial charge is 0.255 e. The van der Waals surface area contributed by atoms with E-state index in [0.717, 1.165) is 18.5 Å². The van der Waals surface area contributed by atoms with Crippen molar-refractivity contribution in [1.29, 1.82) is 0 Å². The van der Waals surface area contributed by atoms with Crippen LogP contribution in [0, 0.1) is 6.92 Å². The van der Waals surface area contributed by atoms with Gasteiger partial charge in [-0.05, 0) is 44.0 Å². The zero-order valence-electron chi connectivity index (χ0n) is 14.2. The lowest BCUT2D eigenvalue weighted by Gasteiger charge is -2.39. The number of halogens is 2. The molecule has 0 unspecified atom stereocenters. The number of nitrogens with zero attached hydrogens (tertiary/aromatic N) is 2. The molecule has 2 heterocycles. The second-order valence-electron chi connectivity index (χ2n) is 6.85. The van der Waals surface area contributed by atoms with E-state index in [0.29, 0.717) is 40.5 Å². The van der Waals surface area contributed by atoms with Crippen molar-refractivity contribution in [3.8, 4) is 5.75 Å². The van der Waals surface area contributed by atoms with E-state index in [-0.39, 0.29) is 17.6 Å². The first-order valence-corrected chi connectivity index (χ1v) is 9.32. The third-order valence-electron chi connectivity index (χ3n) is 4.75. The number of aromatic nitrogens is 1. The Balaban J connectivity index is 1.39. The standard InChI is InChI=1S/C19H18Cl2N2O3/c1-11-6-14(8-18(24)23(11)13-3-4-13)26-15-9-22(10-15)19(25)16-5-2-12(20)7-17(16)21/h2,5-8,13,15H,3-4,9-10H2,1H3. The molecule has 1 amide bonds. The van der Waals surface area contributed by atoms with Crippen LogP contribution in [-0.2, 0) is 0 Å². The molecule has 0 spiro atoms. The second kappa shape index (κ2) is 6.63. The van der Waals surface area contributed by atoms with E-state index in [9.17, 15) is 9.59 Å². The molecule has 5 nitrogen and oxygen atoms in total. The normalized spacial score (nSPS) is 17.1. The average molecular weight is 393 g/mol. The number of hydrogen-bond acceptors (Lipinski definition) is 3. The molecular weight excluding hydrogens is 375 g/mol. The van der Waals surface area contributed by atoms with E-state index in [1.54, 1.807) is 23.1 Å². The summed E-state index contributed by atoms with van der Waals surface area (Å²) in [4.78, 5) is 26.4. The van der Waals surface area contributed by atoms with Gasteiger partial charge in [0.2, 0.25) is 0 Å². The first-order valence-electron chi connectivity index (χ1n) is 8.56. The number of carbonyl (C=O) groups excluding carboxylic acids is 1. The first kappa shape index (κ1) is 17.4. The fourth-order valence-corrected chi connectivity index (χ4v) is 3.74. The van der Waals surface area contributed by atoms with Gasteiger partial charge in [0.15, 0.2) is 0 Å². The molecule has 0 N–H and O–H groups in total. The van der Waals surface area contributed by atoms with Gasteiger partial charge in [0.25, 0.3) is 11.5 Å². The number of rotatable bonds is 4. The lowest BCUT2D eigenvalue weighted by Crippen LogP contribution is -2.56. The molecule has 2 aliphatic rings. The maximum absolute atomic E-state index is 12.5. The Morgan fingerprint density at radius 3 is 2.50 bits per heavy atom. The number of amides is 1. The summed E-state index contributed by atoms with van der Waals surface area (Å²) < 4.78 is 7.70. The van der Waals surface area contributed by atoms with E-state index in [2.05, 4.69) is 0 Å². The predicted octanol–water partition coefficient (Wildman–Crippen LogP) is 3.70. The van der Waals surface area contributed by atoms with Gasteiger partial charge in [-0.25, -0.2) is 0 Å². The molecule has 7 heteroatoms. The summed E-state index contributed by atoms with van der Waals surface area (Å²) in [6.45, 7) is 2.84. The first-order chi connectivity index (χ1) is 12.4. The molecule has 1 saturated carbocycles. The Hall–Kier alpha value is -1.98. The Morgan fingerprint density at radius 1 is 1.15 bits per heavy atom. The Kier molecular flexibility index (Phi) is 4.45. The molecule has 2 fully saturated rings. The molecule has 0 bridgehead atoms. The summed E-state index contributed by atoms with van der Waals surface area (Å²) in [5.74, 6) is 0.415. The van der Waals surface area contributed by atoms with Crippen molar-refractivity contribution < 1.29 is 9.53 Å². The van der Waals surface area contributed by atoms with Gasteiger partial charge in [0, 0.05) is 22.8 Å². The maximum atomic E-state index is 12.5. The minimum atomic E-state index is -0.146. The highest BCUT2D eigenvalue weighted by Crippen LogP contribution is 2.35. The molecule has 2 aromatic rings. The van der Waals surface area contributed by atoms with E-state index >= 15 is 0 Å². The lowest BCUT2D eigenvalue weighted by atomic mass is 10.1. The predicted molar refractivity (Wildman–Crippen MR) is 100 cm³/mol. The quantitative estimate of drug-likeness (QED) is 0.796. The van der Waals surface area contributed by atoms with E-state index < -0.39 is 0 Å². The lowest BCUT2D eigenvalue weighted by molar-refractivity contribution is 0.0176. The largest absolute Gasteiger partial charge is 0.486 e. The highest BCUT2D eigenvalue weighted by atomic mass is 35.5. The molecule has 0 radical (unpaired) electrons. The van der Waals surface area contributed by atoms with Crippen molar-refractivity contribution in [1.82, 2.24) is 9.47 Å². The fraction of sp³-hybridized carbons (Fsp3) is 0.368. The Morgan fingerprint density at radius 2 is 1.88 bits per heavy atom. The molecule has 1 saturated heterocycles. The highest BCUT2D eigenvalue weighted by molar-refractivity contribution is 6.36. The van der Waals surface area contributed by atoms with Crippen molar-refractivity contribution in [2.45, 2.75) is 31.9 Å². The summed E-state index contributed by atoms with van der Waals surface area (Å²) in [5, 5.41) is 0.832. The van der Waals surface area contributed by atoms with Crippen LogP contribution < -0.4 is 10.3 Å². The number of hydrogen-bond donors (Lipinski definition) is 0. The van der Waals surface area contributed by atoms with Crippen LogP contribution in [0.15, 0.2) is 35.1 Å². The van der Waals surface area contributed by atoms with Gasteiger partial charge >= 0.3 is 0 Å². The van der Waals surface area contributed by atoms with Crippen LogP contribution in [0.25, 0.3) is 0 Å². The van der Waals surface area contributed by atoms with Gasteiger partial charge in [0.05, 0.1) is 23.7 Å². The van der Waals surface area contributed by atoms with Gasteiger partial charge < -0.3 is 14.2 Å². The van der Waals surface area contributed by atoms with Gasteiger partial charge in [-0.1, -0.05) is 23.2 Å². The average Bonchev–Trinajstić information content (AvgIpc) is 3.34. The molecule has 1 aromatic heterocycles. The van der Waals surface area contributed by atoms with Crippen LogP contribution in [0.3, 0.4) is 0 Å². The summed E-state index contributed by atoms with van der Waals surface area (Å²) in [6.07, 6.45) is 2.00. The van der Waals surface area contributed by atoms with Crippen LogP contribution in [0.4, 0.5) is 0 Å². The fourth-order valence-electron chi connectivity index (χ4n) is 3.26. The molecule has 1 aliphatic heterocycles. The number of likely N-dealkylation sites (tertiary alicyclic amines) is 1. The molecule has 26 heavy (non-hydrogen) atoms. The molecular formula is C19H18Cl2N2O3. The Bertz CT molecular complexity index is 931. The second-order valence-corrected chi connectivity index (χ2v) is 7.69. The van der Waals surface area contributed by atoms with E-state index in [1.807, 2.05) is 17.6 Å². The van der Waals surface area contributed by atoms with Crippen molar-refractivity contribution >= 4 is 29.1 Å². The van der Waals surface area contributed by atoms with Gasteiger partial charge in [-0.15, -0.1) is 0 Å². The zero-order valence-corrected chi connectivity index (χ0v) is 15.8. The molecule has 136 valence electrons. The third-order valence-corrected chi connectivity index (χ3v) is 5.29. The maximum Gasteiger partial charge on any atom is 0.255 e. The number of pyridine rings is 1. The minimum Gasteiger partial charge on any atom is -0.486 e. The summed E-state index contributed by atoms with van der Waals surface area (Å²) in [5.41, 5.74) is 1.32. The van der Waals surface area contributed by atoms with Crippen molar-refractivity contribution in [3.63, 3.8) is 0 Å². The summed E-state index contributed by atoms with van der Waals surface area (Å²) in [7, 11) is 0. The topological polar surface area (TPSA) is 51.5 Å². The highest BCUT2D eigenvalue weighted by Gasteiger charge is 2.34. The van der Waals surface area contributed by atoms with Gasteiger partial charge in [-0.3, -0.25) is 9.59 Å². The number of benzene rings is 1. The van der Waals surface area contributed by atoms with E-state index in [1.165, 1.54) is 6.07 Å². The van der Waals surface area contributed by atoms with Crippen LogP contribution in [0.2, 0.25) is 10.0 Å². The number of aryl methyl sites for hydroxylation is 1. The van der Waals surface area contributed by atoms with Crippen molar-refractivity contribution in [3.05, 3.63) is 62.0 Å². The minimum absolute atomic E-state index is 0.0253. The number of ether oxygens (including phenoxy) is 1. The van der Waals surface area contributed by atoms with Crippen LogP contribution in [0.5, 0.6) is 5.75 Å². The summed E-state index contributed by atoms with van der Waals surface area (Å²) >= 11 is 12.0. The molecule has 1 aliphatic carbocycles. The monoisotopic (exact) mass is 392 g/mol. The Labute approximate surface area is 161 Å². The SMILES string of the molecule is Cc1cc(OC2CN(C(=O)c3ccc(Cl)cc3Cl)C2)cc(=O)n1C1CC1. The summed E-state index contributed by atoms with van der Waals surface area (Å²) in [6, 6.07) is 8.60. The van der Waals surface area contributed by atoms with Crippen LogP contribution in [0.1, 0.15) is 34.9 Å². The van der Waals surface area contributed by atoms with Crippen molar-refractivity contribution in [2.75, 3.05) is 13.1 Å². The number of carbonyl (C=O) groups is 1. The third kappa shape index (κ3) is 3.33. The van der Waals surface area contributed by atoms with Crippen molar-refractivity contribution in [2.24, 2.45) is 0 Å². The van der Waals surface area contributed by atoms with Crippen LogP contribution in [-0.4, -0.2) is 34.6 Å². The van der Waals surface area contributed by atoms with Gasteiger partial charge in [0.1, 0.15) is 11.9 Å². The van der Waals surface area contributed by atoms with Crippen LogP contribution >= 0.6 is 23.2 Å². The van der Waals surface area contributed by atoms with Gasteiger partial charge in [-0.2, -0.15) is 0 Å². The van der Waals surface area contributed by atoms with E-state index in [4.69, 9.17) is 27.9 Å². The zero-order chi connectivity index (χ0) is 18.4. The molecule has 0 atom stereocenters. The molecule has 4 rings (SSSR count). The molecule has 1 aromatic carbocycles.